The Kier molecular flexibility index (Phi) is 14.3. The van der Waals surface area contributed by atoms with Crippen LogP contribution in [-0.4, -0.2) is 89.0 Å². The van der Waals surface area contributed by atoms with Gasteiger partial charge in [0.1, 0.15) is 0 Å². The van der Waals surface area contributed by atoms with Gasteiger partial charge >= 0.3 is 177 Å². The predicted octanol–water partition coefficient (Wildman–Crippen LogP) is 6.37. The normalized spacial score (nSPS) is 12.7. The standard InChI is InChI=1S/C35H48AsF2N6O6P/c1-8-15-43(17-19-48-51(46,49-34(2,3)4)50-35(5,6)7)16-10-18-47-26-13-14-27-30(20-26)39-24-40-33(27)42-25-21-41-44(22-25)23-31(45)36-28-11-9-12-29(37)32(28)38/h9,11-14,20-22,24,36H,8,10,15-19,23H2,1-7H3,(H,39,40,42). The zero-order valence-electron chi connectivity index (χ0n) is 30.2. The summed E-state index contributed by atoms with van der Waals surface area (Å²) in [5.74, 6) is -0.696. The number of carbonyl (C=O) groups excluding carboxylic acids is 1. The van der Waals surface area contributed by atoms with Crippen LogP contribution in [-0.2, 0) is 29.5 Å². The van der Waals surface area contributed by atoms with Gasteiger partial charge in [0, 0.05) is 13.1 Å². The molecule has 16 heteroatoms. The van der Waals surface area contributed by atoms with Crippen molar-refractivity contribution in [2.24, 2.45) is 0 Å². The average molecular weight is 793 g/mol. The summed E-state index contributed by atoms with van der Waals surface area (Å²) >= 11 is -1.54. The van der Waals surface area contributed by atoms with Gasteiger partial charge in [-0.25, -0.2) is 4.57 Å². The fraction of sp³-hybridized carbons (Fsp3) is 0.486. The van der Waals surface area contributed by atoms with Crippen LogP contribution < -0.4 is 14.4 Å². The molecule has 278 valence electrons. The molecular weight excluding hydrogens is 744 g/mol. The van der Waals surface area contributed by atoms with E-state index >= 15 is 0 Å². The number of hydrogen-bond donors (Lipinski definition) is 1. The second kappa shape index (κ2) is 18.0. The van der Waals surface area contributed by atoms with Crippen LogP contribution in [0.4, 0.5) is 20.3 Å². The van der Waals surface area contributed by atoms with Crippen LogP contribution in [0.3, 0.4) is 0 Å². The van der Waals surface area contributed by atoms with E-state index < -0.39 is 46.4 Å². The third-order valence-corrected chi connectivity index (χ3v) is 11.2. The fourth-order valence-electron chi connectivity index (χ4n) is 4.97. The number of benzene rings is 2. The van der Waals surface area contributed by atoms with Gasteiger partial charge in [0.2, 0.25) is 0 Å². The Morgan fingerprint density at radius 3 is 2.45 bits per heavy atom. The Morgan fingerprint density at radius 2 is 1.75 bits per heavy atom. The molecule has 2 heterocycles. The van der Waals surface area contributed by atoms with Crippen LogP contribution in [0.1, 0.15) is 61.3 Å². The molecule has 0 radical (unpaired) electrons. The molecule has 0 fully saturated rings. The minimum absolute atomic E-state index is 0.0479. The second-order valence-corrected chi connectivity index (χ2v) is 18.2. The van der Waals surface area contributed by atoms with E-state index in [-0.39, 0.29) is 22.1 Å². The summed E-state index contributed by atoms with van der Waals surface area (Å²) in [6.07, 6.45) is 6.38. The molecule has 1 atom stereocenters. The molecule has 0 spiro atoms. The number of fused-ring (bicyclic) bond motifs is 1. The first-order chi connectivity index (χ1) is 24.0. The summed E-state index contributed by atoms with van der Waals surface area (Å²) in [7, 11) is -3.77. The van der Waals surface area contributed by atoms with Crippen LogP contribution in [0.15, 0.2) is 55.1 Å². The van der Waals surface area contributed by atoms with Gasteiger partial charge in [-0.3, -0.25) is 13.6 Å². The number of ether oxygens (including phenoxy) is 1. The largest absolute Gasteiger partial charge is 0.475 e. The van der Waals surface area contributed by atoms with Crippen molar-refractivity contribution in [1.29, 1.82) is 0 Å². The van der Waals surface area contributed by atoms with E-state index in [4.69, 9.17) is 18.3 Å². The van der Waals surface area contributed by atoms with Crippen molar-refractivity contribution < 1.29 is 36.4 Å². The summed E-state index contributed by atoms with van der Waals surface area (Å²) in [5, 5.41) is 8.21. The number of rotatable bonds is 19. The summed E-state index contributed by atoms with van der Waals surface area (Å²) in [4.78, 5) is 23.6. The van der Waals surface area contributed by atoms with Gasteiger partial charge in [0.05, 0.1) is 24.4 Å². The van der Waals surface area contributed by atoms with Gasteiger partial charge in [-0.15, -0.1) is 0 Å². The summed E-state index contributed by atoms with van der Waals surface area (Å²) in [5.41, 5.74) is -0.103. The number of hydrogen-bond acceptors (Lipinski definition) is 11. The number of phosphoric acid groups is 1. The number of anilines is 2. The van der Waals surface area contributed by atoms with Gasteiger partial charge in [-0.1, -0.05) is 6.92 Å². The van der Waals surface area contributed by atoms with Crippen LogP contribution in [0.25, 0.3) is 10.9 Å². The number of phosphoric ester groups is 1. The van der Waals surface area contributed by atoms with Crippen LogP contribution in [0, 0.1) is 11.6 Å². The van der Waals surface area contributed by atoms with E-state index in [9.17, 15) is 18.1 Å². The molecule has 2 aromatic carbocycles. The first kappa shape index (κ1) is 40.5. The molecule has 51 heavy (non-hydrogen) atoms. The van der Waals surface area contributed by atoms with E-state index in [1.165, 1.54) is 23.1 Å². The van der Waals surface area contributed by atoms with Crippen molar-refractivity contribution in [2.45, 2.75) is 79.1 Å². The topological polar surface area (TPSA) is 130 Å². The molecule has 0 amide bonds. The Balaban J connectivity index is 1.27. The van der Waals surface area contributed by atoms with Gasteiger partial charge in [-0.05, 0) is 60.9 Å². The molecule has 4 rings (SSSR count). The van der Waals surface area contributed by atoms with Crippen LogP contribution in [0.5, 0.6) is 5.75 Å². The van der Waals surface area contributed by atoms with Gasteiger partial charge in [0.25, 0.3) is 0 Å². The molecular formula is C35H48AsF2N6O6P. The van der Waals surface area contributed by atoms with Crippen molar-refractivity contribution >= 4 is 54.9 Å². The van der Waals surface area contributed by atoms with E-state index in [1.54, 1.807) is 12.4 Å². The quantitative estimate of drug-likeness (QED) is 0.0646. The molecule has 0 bridgehead atoms. The van der Waals surface area contributed by atoms with Crippen LogP contribution >= 0.6 is 7.82 Å². The Morgan fingerprint density at radius 1 is 1.00 bits per heavy atom. The van der Waals surface area contributed by atoms with E-state index in [2.05, 4.69) is 32.2 Å². The molecule has 0 aliphatic heterocycles. The summed E-state index contributed by atoms with van der Waals surface area (Å²) in [6, 6.07) is 9.45. The molecule has 1 N–H and O–H groups in total. The van der Waals surface area contributed by atoms with Crippen molar-refractivity contribution in [1.82, 2.24) is 24.6 Å². The fourth-order valence-corrected chi connectivity index (χ4v) is 8.75. The third-order valence-electron chi connectivity index (χ3n) is 6.89. The molecule has 0 aliphatic rings. The van der Waals surface area contributed by atoms with Gasteiger partial charge in [-0.2, -0.15) is 0 Å². The maximum absolute atomic E-state index is 14.0. The third kappa shape index (κ3) is 13.3. The zero-order chi connectivity index (χ0) is 37.2. The molecule has 0 saturated carbocycles. The van der Waals surface area contributed by atoms with E-state index in [0.717, 1.165) is 37.4 Å². The summed E-state index contributed by atoms with van der Waals surface area (Å²) in [6.45, 7) is 15.8. The van der Waals surface area contributed by atoms with Gasteiger partial charge in [0.15, 0.2) is 0 Å². The maximum atomic E-state index is 14.0. The maximum Gasteiger partial charge on any atom is 0.475 e. The number of halogens is 2. The summed E-state index contributed by atoms with van der Waals surface area (Å²) < 4.78 is 65.5. The first-order valence-corrected chi connectivity index (χ1v) is 20.4. The molecule has 4 aromatic rings. The Hall–Kier alpha value is -3.25. The molecule has 2 aromatic heterocycles. The van der Waals surface area contributed by atoms with Crippen LogP contribution in [0.2, 0.25) is 0 Å². The molecule has 1 unspecified atom stereocenters. The molecule has 0 saturated heterocycles. The number of carbonyl (C=O) groups is 1. The van der Waals surface area contributed by atoms with Crippen molar-refractivity contribution in [2.75, 3.05) is 38.2 Å². The van der Waals surface area contributed by atoms with Gasteiger partial charge < -0.3 is 4.90 Å². The zero-order valence-corrected chi connectivity index (χ0v) is 33.2. The minimum atomic E-state index is -3.77. The van der Waals surface area contributed by atoms with Crippen molar-refractivity contribution in [3.05, 3.63) is 66.8 Å². The Bertz CT molecular complexity index is 1800. The SMILES string of the molecule is CCCN(CCCOc1ccc2c(Nc3cnn(CC(=O)[AsH]c4cccc(F)c4F)c3)ncnc2c1)CCOP(=O)(OC(C)(C)C)OC(C)(C)C. The minimum Gasteiger partial charge on any atom is -0.285 e. The first-order valence-electron chi connectivity index (χ1n) is 16.8. The number of nitrogens with zero attached hydrogens (tertiary/aromatic N) is 5. The number of nitrogens with one attached hydrogen (secondary N) is 1. The average Bonchev–Trinajstić information content (AvgIpc) is 3.45. The monoisotopic (exact) mass is 792 g/mol. The van der Waals surface area contributed by atoms with Crippen molar-refractivity contribution in [3.63, 3.8) is 0 Å². The predicted molar refractivity (Wildman–Crippen MR) is 195 cm³/mol. The Labute approximate surface area is 304 Å². The van der Waals surface area contributed by atoms with E-state index in [0.29, 0.717) is 35.9 Å². The number of aromatic nitrogens is 4. The molecule has 12 nitrogen and oxygen atoms in total. The van der Waals surface area contributed by atoms with E-state index in [1.807, 2.05) is 59.7 Å². The van der Waals surface area contributed by atoms with Crippen molar-refractivity contribution in [3.8, 4) is 5.75 Å². The smallest absolute Gasteiger partial charge is 0.285 e. The second-order valence-electron chi connectivity index (χ2n) is 13.8. The molecule has 0 aliphatic carbocycles.